The van der Waals surface area contributed by atoms with Crippen LogP contribution in [-0.4, -0.2) is 23.6 Å². The first-order chi connectivity index (χ1) is 7.92. The van der Waals surface area contributed by atoms with Crippen LogP contribution < -0.4 is 11.1 Å². The topological polar surface area (TPSA) is 68.0 Å². The molecule has 0 bridgehead atoms. The predicted molar refractivity (Wildman–Crippen MR) is 55.1 cm³/mol. The van der Waals surface area contributed by atoms with Gasteiger partial charge in [0.25, 0.3) is 5.91 Å². The molecule has 1 amide bonds. The zero-order chi connectivity index (χ0) is 12.9. The number of halogens is 3. The van der Waals surface area contributed by atoms with Gasteiger partial charge in [0.15, 0.2) is 0 Å². The first-order valence-corrected chi connectivity index (χ1v) is 4.92. The van der Waals surface area contributed by atoms with Crippen LogP contribution in [0.2, 0.25) is 0 Å². The van der Waals surface area contributed by atoms with Gasteiger partial charge in [0, 0.05) is 19.3 Å². The maximum absolute atomic E-state index is 11.8. The third kappa shape index (κ3) is 4.81. The molecule has 94 valence electrons. The van der Waals surface area contributed by atoms with E-state index in [2.05, 4.69) is 10.3 Å². The molecule has 0 aliphatic rings. The van der Waals surface area contributed by atoms with Crippen LogP contribution in [-0.2, 0) is 6.54 Å². The van der Waals surface area contributed by atoms with Crippen molar-refractivity contribution >= 4 is 5.91 Å². The molecule has 0 unspecified atom stereocenters. The Morgan fingerprint density at radius 3 is 2.59 bits per heavy atom. The Hall–Kier alpha value is -1.63. The average molecular weight is 247 g/mol. The van der Waals surface area contributed by atoms with Crippen molar-refractivity contribution in [3.05, 3.63) is 29.6 Å². The van der Waals surface area contributed by atoms with Crippen molar-refractivity contribution < 1.29 is 18.0 Å². The van der Waals surface area contributed by atoms with Crippen LogP contribution in [0.25, 0.3) is 0 Å². The number of amides is 1. The third-order valence-electron chi connectivity index (χ3n) is 1.99. The third-order valence-corrected chi connectivity index (χ3v) is 1.99. The number of aromatic nitrogens is 1. The number of hydrogen-bond acceptors (Lipinski definition) is 3. The van der Waals surface area contributed by atoms with Gasteiger partial charge in [0.1, 0.15) is 5.69 Å². The lowest BCUT2D eigenvalue weighted by Gasteiger charge is -2.07. The molecule has 0 spiro atoms. The largest absolute Gasteiger partial charge is 0.390 e. The van der Waals surface area contributed by atoms with Gasteiger partial charge in [0.05, 0.1) is 6.42 Å². The average Bonchev–Trinajstić information content (AvgIpc) is 2.27. The number of alkyl halides is 3. The van der Waals surface area contributed by atoms with Crippen molar-refractivity contribution in [2.75, 3.05) is 6.54 Å². The number of nitrogens with one attached hydrogen (secondary N) is 1. The maximum Gasteiger partial charge on any atom is 0.390 e. The van der Waals surface area contributed by atoms with Gasteiger partial charge in [-0.25, -0.2) is 0 Å². The molecule has 1 rings (SSSR count). The summed E-state index contributed by atoms with van der Waals surface area (Å²) in [5, 5.41) is 2.14. The summed E-state index contributed by atoms with van der Waals surface area (Å²) in [6.45, 7) is -0.161. The molecule has 1 aromatic heterocycles. The van der Waals surface area contributed by atoms with Crippen molar-refractivity contribution in [3.8, 4) is 0 Å². The molecule has 0 aromatic carbocycles. The summed E-state index contributed by atoms with van der Waals surface area (Å²) in [5.74, 6) is -0.627. The summed E-state index contributed by atoms with van der Waals surface area (Å²) < 4.78 is 35.5. The Bertz CT molecular complexity index is 375. The number of hydrogen-bond donors (Lipinski definition) is 2. The van der Waals surface area contributed by atoms with Crippen molar-refractivity contribution in [3.63, 3.8) is 0 Å². The molecule has 4 nitrogen and oxygen atoms in total. The first-order valence-electron chi connectivity index (χ1n) is 4.92. The fourth-order valence-corrected chi connectivity index (χ4v) is 1.09. The summed E-state index contributed by atoms with van der Waals surface area (Å²) in [6, 6.07) is 3.02. The molecular formula is C10H12F3N3O. The van der Waals surface area contributed by atoms with Gasteiger partial charge in [-0.2, -0.15) is 13.2 Å². The lowest BCUT2D eigenvalue weighted by molar-refractivity contribution is -0.132. The molecule has 0 saturated heterocycles. The van der Waals surface area contributed by atoms with Crippen LogP contribution in [0.3, 0.4) is 0 Å². The van der Waals surface area contributed by atoms with Crippen LogP contribution in [0.4, 0.5) is 13.2 Å². The van der Waals surface area contributed by atoms with Crippen LogP contribution in [0.5, 0.6) is 0 Å². The molecule has 0 fully saturated rings. The maximum atomic E-state index is 11.8. The highest BCUT2D eigenvalue weighted by Crippen LogP contribution is 2.18. The van der Waals surface area contributed by atoms with Crippen molar-refractivity contribution in [2.45, 2.75) is 19.1 Å². The molecule has 0 saturated carbocycles. The van der Waals surface area contributed by atoms with Gasteiger partial charge in [-0.05, 0) is 11.6 Å². The van der Waals surface area contributed by atoms with E-state index in [1.54, 1.807) is 6.07 Å². The summed E-state index contributed by atoms with van der Waals surface area (Å²) in [7, 11) is 0. The molecule has 0 radical (unpaired) electrons. The molecule has 0 aliphatic heterocycles. The molecule has 17 heavy (non-hydrogen) atoms. The molecule has 0 atom stereocenters. The van der Waals surface area contributed by atoms with E-state index in [4.69, 9.17) is 5.73 Å². The lowest BCUT2D eigenvalue weighted by Crippen LogP contribution is -2.28. The Labute approximate surface area is 96.0 Å². The van der Waals surface area contributed by atoms with E-state index in [1.807, 2.05) is 0 Å². The van der Waals surface area contributed by atoms with Gasteiger partial charge in [-0.3, -0.25) is 9.78 Å². The summed E-state index contributed by atoms with van der Waals surface area (Å²) in [6.07, 6.45) is -3.91. The number of nitrogens with two attached hydrogens (primary N) is 1. The minimum atomic E-state index is -4.27. The second kappa shape index (κ2) is 5.62. The van der Waals surface area contributed by atoms with Crippen LogP contribution in [0, 0.1) is 0 Å². The van der Waals surface area contributed by atoms with Gasteiger partial charge in [0.2, 0.25) is 0 Å². The molecule has 3 N–H and O–H groups in total. The van der Waals surface area contributed by atoms with Crippen molar-refractivity contribution in [2.24, 2.45) is 5.73 Å². The molecular weight excluding hydrogens is 235 g/mol. The molecule has 1 heterocycles. The Morgan fingerprint density at radius 2 is 2.12 bits per heavy atom. The summed E-state index contributed by atoms with van der Waals surface area (Å²) in [5.41, 5.74) is 6.16. The highest BCUT2D eigenvalue weighted by molar-refractivity contribution is 5.92. The Morgan fingerprint density at radius 1 is 1.41 bits per heavy atom. The number of rotatable bonds is 4. The highest BCUT2D eigenvalue weighted by atomic mass is 19.4. The highest BCUT2D eigenvalue weighted by Gasteiger charge is 2.26. The second-order valence-corrected chi connectivity index (χ2v) is 3.38. The quantitative estimate of drug-likeness (QED) is 0.840. The van der Waals surface area contributed by atoms with E-state index in [1.165, 1.54) is 12.3 Å². The fourth-order valence-electron chi connectivity index (χ4n) is 1.09. The fraction of sp³-hybridized carbons (Fsp3) is 0.400. The summed E-state index contributed by atoms with van der Waals surface area (Å²) in [4.78, 5) is 15.1. The Balaban J connectivity index is 2.47. The SMILES string of the molecule is NCc1ccc(C(=O)NCCC(F)(F)F)nc1. The van der Waals surface area contributed by atoms with E-state index in [0.717, 1.165) is 5.56 Å². The van der Waals surface area contributed by atoms with E-state index in [0.29, 0.717) is 6.54 Å². The first kappa shape index (κ1) is 13.4. The van der Waals surface area contributed by atoms with E-state index >= 15 is 0 Å². The normalized spacial score (nSPS) is 11.3. The van der Waals surface area contributed by atoms with Crippen LogP contribution >= 0.6 is 0 Å². The smallest absolute Gasteiger partial charge is 0.350 e. The van der Waals surface area contributed by atoms with E-state index in [9.17, 15) is 18.0 Å². The van der Waals surface area contributed by atoms with Gasteiger partial charge >= 0.3 is 6.18 Å². The van der Waals surface area contributed by atoms with E-state index in [-0.39, 0.29) is 5.69 Å². The molecule has 7 heteroatoms. The number of carbonyl (C=O) groups is 1. The van der Waals surface area contributed by atoms with E-state index < -0.39 is 25.0 Å². The zero-order valence-electron chi connectivity index (χ0n) is 8.92. The standard InChI is InChI=1S/C10H12F3N3O/c11-10(12,13)3-4-15-9(17)8-2-1-7(5-14)6-16-8/h1-2,6H,3-5,14H2,(H,15,17). The summed E-state index contributed by atoms with van der Waals surface area (Å²) >= 11 is 0. The van der Waals surface area contributed by atoms with Crippen molar-refractivity contribution in [1.29, 1.82) is 0 Å². The predicted octanol–water partition coefficient (Wildman–Crippen LogP) is 1.22. The monoisotopic (exact) mass is 247 g/mol. The van der Waals surface area contributed by atoms with Crippen LogP contribution in [0.15, 0.2) is 18.3 Å². The number of carbonyl (C=O) groups excluding carboxylic acids is 1. The van der Waals surface area contributed by atoms with Gasteiger partial charge in [-0.1, -0.05) is 6.07 Å². The van der Waals surface area contributed by atoms with Crippen molar-refractivity contribution in [1.82, 2.24) is 10.3 Å². The Kier molecular flexibility index (Phi) is 4.45. The van der Waals surface area contributed by atoms with Crippen LogP contribution in [0.1, 0.15) is 22.5 Å². The zero-order valence-corrected chi connectivity index (χ0v) is 8.92. The molecule has 0 aliphatic carbocycles. The lowest BCUT2D eigenvalue weighted by atomic mass is 10.2. The molecule has 1 aromatic rings. The van der Waals surface area contributed by atoms with Gasteiger partial charge < -0.3 is 11.1 Å². The van der Waals surface area contributed by atoms with Gasteiger partial charge in [-0.15, -0.1) is 0 Å². The number of pyridine rings is 1. The number of nitrogens with zero attached hydrogens (tertiary/aromatic N) is 1. The second-order valence-electron chi connectivity index (χ2n) is 3.38. The minimum Gasteiger partial charge on any atom is -0.350 e. The minimum absolute atomic E-state index is 0.0735.